The van der Waals surface area contributed by atoms with Gasteiger partial charge in [-0.3, -0.25) is 9.48 Å². The van der Waals surface area contributed by atoms with Crippen molar-refractivity contribution in [3.05, 3.63) is 65.2 Å². The van der Waals surface area contributed by atoms with Gasteiger partial charge in [0.05, 0.1) is 23.3 Å². The number of H-pyrrole nitrogens is 1. The van der Waals surface area contributed by atoms with Crippen LogP contribution in [0.3, 0.4) is 0 Å². The number of nitrogens with one attached hydrogen (secondary N) is 2. The Labute approximate surface area is 239 Å². The molecule has 4 aromatic heterocycles. The van der Waals surface area contributed by atoms with Crippen molar-refractivity contribution in [2.75, 3.05) is 0 Å². The van der Waals surface area contributed by atoms with Crippen molar-refractivity contribution in [1.29, 1.82) is 0 Å². The van der Waals surface area contributed by atoms with Crippen LogP contribution in [-0.4, -0.2) is 40.8 Å². The summed E-state index contributed by atoms with van der Waals surface area (Å²) >= 11 is 0. The Bertz CT molecular complexity index is 1760. The molecule has 41 heavy (non-hydrogen) atoms. The molecule has 2 N–H and O–H groups in total. The second kappa shape index (κ2) is 9.94. The largest absolute Gasteiger partial charge is 0.341 e. The first-order chi connectivity index (χ1) is 19.3. The number of aromatic amines is 1. The Morgan fingerprint density at radius 1 is 1.20 bits per heavy atom. The smallest absolute Gasteiger partial charge is 0.315 e. The Kier molecular flexibility index (Phi) is 6.51. The van der Waals surface area contributed by atoms with Crippen molar-refractivity contribution >= 4 is 17.1 Å². The number of hydrogen-bond donors (Lipinski definition) is 2. The molecule has 212 valence electrons. The van der Waals surface area contributed by atoms with E-state index < -0.39 is 0 Å². The van der Waals surface area contributed by atoms with E-state index in [0.717, 1.165) is 71.4 Å². The predicted octanol–water partition coefficient (Wildman–Crippen LogP) is 6.26. The molecule has 7 rings (SSSR count). The molecule has 0 spiro atoms. The van der Waals surface area contributed by atoms with Crippen LogP contribution in [0.15, 0.2) is 41.2 Å². The fourth-order valence-corrected chi connectivity index (χ4v) is 5.78. The van der Waals surface area contributed by atoms with Gasteiger partial charge in [0.1, 0.15) is 5.82 Å². The maximum absolute atomic E-state index is 13.0. The summed E-state index contributed by atoms with van der Waals surface area (Å²) in [4.78, 5) is 30.2. The highest BCUT2D eigenvalue weighted by molar-refractivity contribution is 5.92. The van der Waals surface area contributed by atoms with Gasteiger partial charge in [0.25, 0.3) is 0 Å². The number of carbonyl (C=O) groups is 1. The number of benzene rings is 1. The average molecular weight is 553 g/mol. The molecule has 1 saturated carbocycles. The summed E-state index contributed by atoms with van der Waals surface area (Å²) in [5, 5.41) is 11.7. The summed E-state index contributed by atoms with van der Waals surface area (Å²) in [5.41, 5.74) is 8.04. The first-order valence-corrected chi connectivity index (χ1v) is 14.0. The van der Waals surface area contributed by atoms with E-state index in [-0.39, 0.29) is 36.7 Å². The van der Waals surface area contributed by atoms with Crippen LogP contribution in [-0.2, 0) is 11.8 Å². The molecule has 1 atom stereocenters. The molecule has 5 aromatic rings. The molecule has 1 fully saturated rings. The zero-order valence-electron chi connectivity index (χ0n) is 23.2. The van der Waals surface area contributed by atoms with Gasteiger partial charge in [-0.1, -0.05) is 37.7 Å². The highest BCUT2D eigenvalue weighted by Gasteiger charge is 2.44. The normalized spacial score (nSPS) is 17.3. The molecule has 2 aliphatic carbocycles. The van der Waals surface area contributed by atoms with E-state index in [2.05, 4.69) is 76.4 Å². The quantitative estimate of drug-likeness (QED) is 0.255. The molecule has 10 heteroatoms. The van der Waals surface area contributed by atoms with Crippen molar-refractivity contribution in [2.45, 2.75) is 84.7 Å². The number of hydrogen-bond acceptors (Lipinski definition) is 7. The van der Waals surface area contributed by atoms with Gasteiger partial charge in [0.15, 0.2) is 11.5 Å². The Hall–Kier alpha value is -4.34. The Morgan fingerprint density at radius 2 is 2.02 bits per heavy atom. The standard InChI is InChI=1S/C30H32N8O2.CH4/c1-16(2)38-17(3)22(15-32-38)25-34-24-21(10-13-31-26(24)35-25)19-8-9-20-18(14-19)6-5-7-23(20)33-27(39)28-36-29(37-40-28)30(4)11-12-30;/h8-10,13-16,23H,5-7,11-12H2,1-4H3,(H,33,39)(H,31,34,35);1H4/t23-;/m1./s1. The maximum atomic E-state index is 13.0. The number of pyridine rings is 1. The van der Waals surface area contributed by atoms with E-state index in [0.29, 0.717) is 11.5 Å². The Balaban J connectivity index is 0.00000302. The van der Waals surface area contributed by atoms with E-state index in [1.807, 2.05) is 16.9 Å². The number of aromatic nitrogens is 7. The molecule has 0 bridgehead atoms. The minimum Gasteiger partial charge on any atom is -0.341 e. The van der Waals surface area contributed by atoms with Crippen LogP contribution in [0.4, 0.5) is 0 Å². The van der Waals surface area contributed by atoms with Crippen LogP contribution < -0.4 is 5.32 Å². The number of amides is 1. The van der Waals surface area contributed by atoms with Crippen LogP contribution >= 0.6 is 0 Å². The molecule has 0 aliphatic heterocycles. The average Bonchev–Trinajstić information content (AvgIpc) is 3.33. The highest BCUT2D eigenvalue weighted by atomic mass is 16.5. The number of fused-ring (bicyclic) bond motifs is 2. The summed E-state index contributed by atoms with van der Waals surface area (Å²) in [6.07, 6.45) is 8.51. The van der Waals surface area contributed by atoms with Gasteiger partial charge in [0, 0.05) is 28.9 Å². The highest BCUT2D eigenvalue weighted by Crippen LogP contribution is 2.46. The topological polar surface area (TPSA) is 127 Å². The summed E-state index contributed by atoms with van der Waals surface area (Å²) in [6.45, 7) is 8.39. The zero-order chi connectivity index (χ0) is 27.6. The lowest BCUT2D eigenvalue weighted by atomic mass is 9.85. The lowest BCUT2D eigenvalue weighted by Crippen LogP contribution is -2.31. The van der Waals surface area contributed by atoms with Gasteiger partial charge in [-0.2, -0.15) is 10.1 Å². The fourth-order valence-electron chi connectivity index (χ4n) is 5.78. The van der Waals surface area contributed by atoms with Gasteiger partial charge in [-0.05, 0) is 75.6 Å². The third-order valence-corrected chi connectivity index (χ3v) is 8.41. The first kappa shape index (κ1) is 26.9. The summed E-state index contributed by atoms with van der Waals surface area (Å²) in [5.74, 6) is 1.11. The molecule has 4 heterocycles. The first-order valence-electron chi connectivity index (χ1n) is 14.0. The van der Waals surface area contributed by atoms with Crippen molar-refractivity contribution in [1.82, 2.24) is 40.2 Å². The Morgan fingerprint density at radius 3 is 2.78 bits per heavy atom. The molecular formula is C31H36N8O2. The van der Waals surface area contributed by atoms with Crippen LogP contribution in [0.1, 0.15) is 99.3 Å². The minimum absolute atomic E-state index is 0. The SMILES string of the molecule is C.Cc1c(-c2nc3nccc(-c4ccc5c(c4)CCC[C@H]5NC(=O)c4nc(C5(C)CC5)no4)c3[nH]2)cnn1C(C)C. The number of nitrogens with zero attached hydrogens (tertiary/aromatic N) is 6. The van der Waals surface area contributed by atoms with Gasteiger partial charge in [-0.25, -0.2) is 9.97 Å². The van der Waals surface area contributed by atoms with E-state index in [4.69, 9.17) is 9.51 Å². The van der Waals surface area contributed by atoms with Crippen molar-refractivity contribution in [2.24, 2.45) is 0 Å². The molecule has 1 amide bonds. The van der Waals surface area contributed by atoms with E-state index in [1.165, 1.54) is 5.56 Å². The minimum atomic E-state index is -0.318. The van der Waals surface area contributed by atoms with Crippen molar-refractivity contribution < 1.29 is 9.32 Å². The molecular weight excluding hydrogens is 516 g/mol. The number of imidazole rings is 1. The summed E-state index contributed by atoms with van der Waals surface area (Å²) < 4.78 is 7.30. The predicted molar refractivity (Wildman–Crippen MR) is 156 cm³/mol. The number of carbonyl (C=O) groups excluding carboxylic acids is 1. The fraction of sp³-hybridized carbons (Fsp3) is 0.419. The molecule has 0 radical (unpaired) electrons. The third kappa shape index (κ3) is 4.61. The third-order valence-electron chi connectivity index (χ3n) is 8.41. The van der Waals surface area contributed by atoms with Gasteiger partial charge in [0.2, 0.25) is 0 Å². The molecule has 1 aromatic carbocycles. The molecule has 2 aliphatic rings. The number of rotatable bonds is 6. The number of aryl methyl sites for hydroxylation is 1. The molecule has 10 nitrogen and oxygen atoms in total. The molecule has 0 saturated heterocycles. The lowest BCUT2D eigenvalue weighted by molar-refractivity contribution is 0.0888. The monoisotopic (exact) mass is 552 g/mol. The van der Waals surface area contributed by atoms with Crippen LogP contribution in [0.2, 0.25) is 0 Å². The molecule has 0 unspecified atom stereocenters. The van der Waals surface area contributed by atoms with E-state index in [9.17, 15) is 4.79 Å². The van der Waals surface area contributed by atoms with Gasteiger partial charge >= 0.3 is 11.8 Å². The van der Waals surface area contributed by atoms with Gasteiger partial charge < -0.3 is 14.8 Å². The van der Waals surface area contributed by atoms with Crippen LogP contribution in [0.25, 0.3) is 33.7 Å². The maximum Gasteiger partial charge on any atom is 0.315 e. The van der Waals surface area contributed by atoms with Gasteiger partial charge in [-0.15, -0.1) is 0 Å². The summed E-state index contributed by atoms with van der Waals surface area (Å²) in [7, 11) is 0. The van der Waals surface area contributed by atoms with Crippen molar-refractivity contribution in [3.8, 4) is 22.5 Å². The van der Waals surface area contributed by atoms with Crippen molar-refractivity contribution in [3.63, 3.8) is 0 Å². The zero-order valence-corrected chi connectivity index (χ0v) is 23.2. The van der Waals surface area contributed by atoms with Crippen LogP contribution in [0, 0.1) is 6.92 Å². The van der Waals surface area contributed by atoms with E-state index >= 15 is 0 Å². The second-order valence-electron chi connectivity index (χ2n) is 11.6. The van der Waals surface area contributed by atoms with E-state index in [1.54, 1.807) is 6.20 Å². The lowest BCUT2D eigenvalue weighted by Gasteiger charge is -2.26. The second-order valence-corrected chi connectivity index (χ2v) is 11.6. The van der Waals surface area contributed by atoms with Crippen LogP contribution in [0.5, 0.6) is 0 Å². The summed E-state index contributed by atoms with van der Waals surface area (Å²) in [6, 6.07) is 8.65.